The fourth-order valence-electron chi connectivity index (χ4n) is 2.57. The van der Waals surface area contributed by atoms with Crippen LogP contribution in [-0.2, 0) is 16.1 Å². The zero-order chi connectivity index (χ0) is 20.7. The lowest BCUT2D eigenvalue weighted by molar-refractivity contribution is -0.142. The zero-order valence-corrected chi connectivity index (χ0v) is 17.6. The SMILES string of the molecule is CC(C)NC(=O)[C@@H](C)N(Cc1ccc(Cl)c(Cl)c1)C(=O)COc1ccccc1. The van der Waals surface area contributed by atoms with Crippen LogP contribution in [0.1, 0.15) is 26.3 Å². The fraction of sp³-hybridized carbons (Fsp3) is 0.333. The molecule has 0 aromatic heterocycles. The number of carbonyl (C=O) groups is 2. The van der Waals surface area contributed by atoms with Crippen molar-refractivity contribution in [1.29, 1.82) is 0 Å². The molecule has 5 nitrogen and oxygen atoms in total. The Bertz CT molecular complexity index is 813. The van der Waals surface area contributed by atoms with Gasteiger partial charge in [0, 0.05) is 12.6 Å². The highest BCUT2D eigenvalue weighted by Gasteiger charge is 2.27. The number of nitrogens with one attached hydrogen (secondary N) is 1. The van der Waals surface area contributed by atoms with Crippen molar-refractivity contribution in [3.63, 3.8) is 0 Å². The molecule has 0 radical (unpaired) electrons. The van der Waals surface area contributed by atoms with Gasteiger partial charge in [0.1, 0.15) is 11.8 Å². The summed E-state index contributed by atoms with van der Waals surface area (Å²) in [6.45, 7) is 5.46. The molecule has 0 bridgehead atoms. The summed E-state index contributed by atoms with van der Waals surface area (Å²) in [6.07, 6.45) is 0. The van der Waals surface area contributed by atoms with Crippen LogP contribution in [0.15, 0.2) is 48.5 Å². The molecular formula is C21H24Cl2N2O3. The number of hydrogen-bond donors (Lipinski definition) is 1. The molecule has 0 fully saturated rings. The quantitative estimate of drug-likeness (QED) is 0.688. The van der Waals surface area contributed by atoms with Gasteiger partial charge in [-0.2, -0.15) is 0 Å². The van der Waals surface area contributed by atoms with E-state index < -0.39 is 6.04 Å². The molecule has 1 atom stereocenters. The first-order valence-corrected chi connectivity index (χ1v) is 9.75. The van der Waals surface area contributed by atoms with Crippen LogP contribution in [0.4, 0.5) is 0 Å². The van der Waals surface area contributed by atoms with Crippen molar-refractivity contribution in [2.45, 2.75) is 39.4 Å². The van der Waals surface area contributed by atoms with Crippen LogP contribution in [0.2, 0.25) is 10.0 Å². The fourth-order valence-corrected chi connectivity index (χ4v) is 2.89. The Balaban J connectivity index is 2.17. The van der Waals surface area contributed by atoms with Gasteiger partial charge < -0.3 is 15.0 Å². The van der Waals surface area contributed by atoms with E-state index in [1.807, 2.05) is 32.0 Å². The monoisotopic (exact) mass is 422 g/mol. The van der Waals surface area contributed by atoms with Crippen molar-refractivity contribution in [3.8, 4) is 5.75 Å². The predicted molar refractivity (Wildman–Crippen MR) is 112 cm³/mol. The first-order valence-electron chi connectivity index (χ1n) is 8.99. The third kappa shape index (κ3) is 6.43. The maximum Gasteiger partial charge on any atom is 0.261 e. The van der Waals surface area contributed by atoms with E-state index in [0.717, 1.165) is 5.56 Å². The number of carbonyl (C=O) groups excluding carboxylic acids is 2. The van der Waals surface area contributed by atoms with Crippen LogP contribution >= 0.6 is 23.2 Å². The minimum absolute atomic E-state index is 0.0301. The first kappa shape index (κ1) is 22.1. The van der Waals surface area contributed by atoms with E-state index in [9.17, 15) is 9.59 Å². The van der Waals surface area contributed by atoms with Crippen LogP contribution < -0.4 is 10.1 Å². The molecule has 7 heteroatoms. The second kappa shape index (κ2) is 10.3. The van der Waals surface area contributed by atoms with E-state index in [1.165, 1.54) is 4.90 Å². The van der Waals surface area contributed by atoms with Crippen molar-refractivity contribution in [1.82, 2.24) is 10.2 Å². The maximum atomic E-state index is 12.9. The molecule has 150 valence electrons. The number of para-hydroxylation sites is 1. The van der Waals surface area contributed by atoms with Gasteiger partial charge in [0.25, 0.3) is 5.91 Å². The number of nitrogens with zero attached hydrogens (tertiary/aromatic N) is 1. The Morgan fingerprint density at radius 2 is 1.71 bits per heavy atom. The summed E-state index contributed by atoms with van der Waals surface area (Å²) in [6, 6.07) is 13.5. The zero-order valence-electron chi connectivity index (χ0n) is 16.1. The van der Waals surface area contributed by atoms with E-state index in [4.69, 9.17) is 27.9 Å². The number of rotatable bonds is 8. The Morgan fingerprint density at radius 3 is 2.32 bits per heavy atom. The minimum atomic E-state index is -0.677. The van der Waals surface area contributed by atoms with E-state index in [2.05, 4.69) is 5.32 Å². The number of hydrogen-bond acceptors (Lipinski definition) is 3. The second-order valence-electron chi connectivity index (χ2n) is 6.71. The summed E-state index contributed by atoms with van der Waals surface area (Å²) >= 11 is 12.1. The third-order valence-corrected chi connectivity index (χ3v) is 4.78. The summed E-state index contributed by atoms with van der Waals surface area (Å²) in [7, 11) is 0. The van der Waals surface area contributed by atoms with E-state index in [0.29, 0.717) is 15.8 Å². The van der Waals surface area contributed by atoms with Gasteiger partial charge in [0.2, 0.25) is 5.91 Å². The van der Waals surface area contributed by atoms with E-state index in [1.54, 1.807) is 37.3 Å². The Labute approximate surface area is 175 Å². The summed E-state index contributed by atoms with van der Waals surface area (Å²) in [4.78, 5) is 26.8. The summed E-state index contributed by atoms with van der Waals surface area (Å²) < 4.78 is 5.57. The lowest BCUT2D eigenvalue weighted by Crippen LogP contribution is -2.50. The number of halogens is 2. The molecule has 0 aliphatic carbocycles. The molecule has 2 amide bonds. The van der Waals surface area contributed by atoms with E-state index in [-0.39, 0.29) is 31.0 Å². The van der Waals surface area contributed by atoms with Crippen molar-refractivity contribution in [3.05, 3.63) is 64.1 Å². The molecule has 2 aromatic rings. The lowest BCUT2D eigenvalue weighted by atomic mass is 10.1. The number of ether oxygens (including phenoxy) is 1. The van der Waals surface area contributed by atoms with Crippen molar-refractivity contribution < 1.29 is 14.3 Å². The summed E-state index contributed by atoms with van der Waals surface area (Å²) in [5, 5.41) is 3.66. The molecule has 0 saturated carbocycles. The Kier molecular flexibility index (Phi) is 8.15. The molecule has 0 spiro atoms. The van der Waals surface area contributed by atoms with Gasteiger partial charge in [-0.05, 0) is 50.6 Å². The largest absolute Gasteiger partial charge is 0.484 e. The molecule has 0 saturated heterocycles. The molecule has 2 rings (SSSR count). The lowest BCUT2D eigenvalue weighted by Gasteiger charge is -2.29. The molecule has 0 unspecified atom stereocenters. The van der Waals surface area contributed by atoms with Gasteiger partial charge in [-0.3, -0.25) is 9.59 Å². The maximum absolute atomic E-state index is 12.9. The van der Waals surface area contributed by atoms with Gasteiger partial charge in [-0.25, -0.2) is 0 Å². The molecule has 0 aliphatic rings. The van der Waals surface area contributed by atoms with Gasteiger partial charge in [-0.15, -0.1) is 0 Å². The van der Waals surface area contributed by atoms with Crippen molar-refractivity contribution in [2.24, 2.45) is 0 Å². The van der Waals surface area contributed by atoms with Crippen molar-refractivity contribution in [2.75, 3.05) is 6.61 Å². The van der Waals surface area contributed by atoms with Crippen LogP contribution in [0.3, 0.4) is 0 Å². The average molecular weight is 423 g/mol. The highest BCUT2D eigenvalue weighted by Crippen LogP contribution is 2.24. The Morgan fingerprint density at radius 1 is 1.04 bits per heavy atom. The smallest absolute Gasteiger partial charge is 0.261 e. The van der Waals surface area contributed by atoms with Gasteiger partial charge >= 0.3 is 0 Å². The second-order valence-corrected chi connectivity index (χ2v) is 7.53. The average Bonchev–Trinajstić information content (AvgIpc) is 2.66. The van der Waals surface area contributed by atoms with Crippen LogP contribution in [-0.4, -0.2) is 35.4 Å². The van der Waals surface area contributed by atoms with E-state index >= 15 is 0 Å². The van der Waals surface area contributed by atoms with Gasteiger partial charge in [0.15, 0.2) is 6.61 Å². The standard InChI is InChI=1S/C21H24Cl2N2O3/c1-14(2)24-21(27)15(3)25(12-16-9-10-18(22)19(23)11-16)20(26)13-28-17-7-5-4-6-8-17/h4-11,14-15H,12-13H2,1-3H3,(H,24,27)/t15-/m1/s1. The molecule has 28 heavy (non-hydrogen) atoms. The third-order valence-electron chi connectivity index (χ3n) is 4.04. The van der Waals surface area contributed by atoms with Crippen LogP contribution in [0.25, 0.3) is 0 Å². The normalized spacial score (nSPS) is 11.8. The molecule has 2 aromatic carbocycles. The van der Waals surface area contributed by atoms with Crippen molar-refractivity contribution >= 4 is 35.0 Å². The number of benzene rings is 2. The van der Waals surface area contributed by atoms with Gasteiger partial charge in [-0.1, -0.05) is 47.5 Å². The highest BCUT2D eigenvalue weighted by molar-refractivity contribution is 6.42. The Hall–Kier alpha value is -2.24. The highest BCUT2D eigenvalue weighted by atomic mass is 35.5. The topological polar surface area (TPSA) is 58.6 Å². The summed E-state index contributed by atoms with van der Waals surface area (Å²) in [5.41, 5.74) is 0.770. The van der Waals surface area contributed by atoms with Crippen LogP contribution in [0.5, 0.6) is 5.75 Å². The molecule has 0 heterocycles. The predicted octanol–water partition coefficient (Wildman–Crippen LogP) is 4.31. The molecule has 1 N–H and O–H groups in total. The first-order chi connectivity index (χ1) is 13.3. The molecular weight excluding hydrogens is 399 g/mol. The molecule has 0 aliphatic heterocycles. The number of amides is 2. The van der Waals surface area contributed by atoms with Crippen LogP contribution in [0, 0.1) is 0 Å². The minimum Gasteiger partial charge on any atom is -0.484 e. The summed E-state index contributed by atoms with van der Waals surface area (Å²) in [5.74, 6) is 0.0501. The van der Waals surface area contributed by atoms with Gasteiger partial charge in [0.05, 0.1) is 10.0 Å².